The number of carbonyl (C=O) groups is 2. The van der Waals surface area contributed by atoms with Crippen molar-refractivity contribution in [3.63, 3.8) is 0 Å². The first-order valence-corrected chi connectivity index (χ1v) is 8.28. The monoisotopic (exact) mass is 318 g/mol. The van der Waals surface area contributed by atoms with Crippen LogP contribution in [0.15, 0.2) is 12.1 Å². The highest BCUT2D eigenvalue weighted by Crippen LogP contribution is 2.22. The summed E-state index contributed by atoms with van der Waals surface area (Å²) in [5.41, 5.74) is 4.19. The van der Waals surface area contributed by atoms with Crippen LogP contribution in [0.3, 0.4) is 0 Å². The number of likely N-dealkylation sites (N-methyl/N-ethyl adjacent to an activating group) is 1. The molecule has 1 aliphatic rings. The van der Waals surface area contributed by atoms with E-state index in [1.54, 1.807) is 0 Å². The lowest BCUT2D eigenvalue weighted by Gasteiger charge is -2.22. The fourth-order valence-corrected chi connectivity index (χ4v) is 2.75. The normalized spacial score (nSPS) is 16.6. The zero-order chi connectivity index (χ0) is 17.1. The van der Waals surface area contributed by atoms with E-state index >= 15 is 0 Å². The summed E-state index contributed by atoms with van der Waals surface area (Å²) in [6.07, 6.45) is 2.15. The molecule has 2 amide bonds. The fraction of sp³-hybridized carbons (Fsp3) is 0.556. The summed E-state index contributed by atoms with van der Waals surface area (Å²) in [6.45, 7) is 8.22. The van der Waals surface area contributed by atoms with Crippen LogP contribution >= 0.6 is 0 Å². The van der Waals surface area contributed by atoms with Crippen molar-refractivity contribution in [2.24, 2.45) is 0 Å². The van der Waals surface area contributed by atoms with Crippen molar-refractivity contribution in [3.8, 4) is 0 Å². The Morgan fingerprint density at radius 3 is 2.30 bits per heavy atom. The molecule has 1 saturated carbocycles. The van der Waals surface area contributed by atoms with Gasteiger partial charge in [0, 0.05) is 11.7 Å². The van der Waals surface area contributed by atoms with E-state index in [4.69, 9.17) is 0 Å². The lowest BCUT2D eigenvalue weighted by molar-refractivity contribution is -0.885. The predicted octanol–water partition coefficient (Wildman–Crippen LogP) is 0.732. The Kier molecular flexibility index (Phi) is 5.42. The van der Waals surface area contributed by atoms with Crippen LogP contribution in [-0.2, 0) is 9.59 Å². The summed E-state index contributed by atoms with van der Waals surface area (Å²) in [5, 5.41) is 5.98. The molecule has 2 atom stereocenters. The van der Waals surface area contributed by atoms with Gasteiger partial charge in [-0.1, -0.05) is 17.7 Å². The highest BCUT2D eigenvalue weighted by atomic mass is 16.2. The zero-order valence-corrected chi connectivity index (χ0v) is 14.7. The van der Waals surface area contributed by atoms with Gasteiger partial charge in [-0.15, -0.1) is 0 Å². The Hall–Kier alpha value is -1.88. The molecular formula is C18H28N3O2+. The maximum absolute atomic E-state index is 12.5. The van der Waals surface area contributed by atoms with Crippen molar-refractivity contribution in [2.75, 3.05) is 18.9 Å². The minimum atomic E-state index is -0.292. The Morgan fingerprint density at radius 1 is 1.22 bits per heavy atom. The van der Waals surface area contributed by atoms with Gasteiger partial charge in [-0.3, -0.25) is 9.59 Å². The molecule has 0 heterocycles. The van der Waals surface area contributed by atoms with Gasteiger partial charge >= 0.3 is 0 Å². The van der Waals surface area contributed by atoms with Gasteiger partial charge in [-0.2, -0.15) is 0 Å². The van der Waals surface area contributed by atoms with Crippen LogP contribution in [0.25, 0.3) is 0 Å². The third kappa shape index (κ3) is 4.79. The minimum Gasteiger partial charge on any atom is -0.348 e. The molecule has 5 heteroatoms. The number of benzene rings is 1. The van der Waals surface area contributed by atoms with E-state index in [1.165, 1.54) is 5.56 Å². The molecule has 5 nitrogen and oxygen atoms in total. The standard InChI is InChI=1S/C18H27N3O2/c1-11-8-12(2)17(13(3)9-11)20-18(23)14(4)21(5)10-16(22)19-15-6-7-15/h8-9,14-15H,6-7,10H2,1-5H3,(H,19,22)(H,20,23)/p+1/t14-/m0/s1. The third-order valence-electron chi connectivity index (χ3n) is 4.44. The number of carbonyl (C=O) groups excluding carboxylic acids is 2. The number of quaternary nitrogens is 1. The molecule has 1 unspecified atom stereocenters. The van der Waals surface area contributed by atoms with E-state index in [0.717, 1.165) is 34.6 Å². The van der Waals surface area contributed by atoms with Gasteiger partial charge in [0.05, 0.1) is 7.05 Å². The number of aryl methyl sites for hydroxylation is 3. The first kappa shape index (κ1) is 17.5. The molecule has 126 valence electrons. The van der Waals surface area contributed by atoms with E-state index in [9.17, 15) is 9.59 Å². The number of anilines is 1. The molecule has 1 aromatic rings. The molecule has 0 radical (unpaired) electrons. The third-order valence-corrected chi connectivity index (χ3v) is 4.44. The number of nitrogens with one attached hydrogen (secondary N) is 3. The highest BCUT2D eigenvalue weighted by molar-refractivity contribution is 5.95. The lowest BCUT2D eigenvalue weighted by atomic mass is 10.0. The van der Waals surface area contributed by atoms with E-state index in [0.29, 0.717) is 12.6 Å². The van der Waals surface area contributed by atoms with E-state index < -0.39 is 0 Å². The summed E-state index contributed by atoms with van der Waals surface area (Å²) >= 11 is 0. The predicted molar refractivity (Wildman–Crippen MR) is 91.7 cm³/mol. The van der Waals surface area contributed by atoms with Crippen LogP contribution in [0.2, 0.25) is 0 Å². The first-order valence-electron chi connectivity index (χ1n) is 8.28. The van der Waals surface area contributed by atoms with Gasteiger partial charge < -0.3 is 15.5 Å². The highest BCUT2D eigenvalue weighted by Gasteiger charge is 2.28. The van der Waals surface area contributed by atoms with E-state index in [2.05, 4.69) is 22.8 Å². The van der Waals surface area contributed by atoms with Gasteiger partial charge in [-0.25, -0.2) is 0 Å². The topological polar surface area (TPSA) is 62.6 Å². The van der Waals surface area contributed by atoms with Crippen LogP contribution in [0.1, 0.15) is 36.5 Å². The van der Waals surface area contributed by atoms with E-state index in [-0.39, 0.29) is 17.9 Å². The quantitative estimate of drug-likeness (QED) is 0.724. The van der Waals surface area contributed by atoms with Gasteiger partial charge in [-0.05, 0) is 51.7 Å². The van der Waals surface area contributed by atoms with Crippen molar-refractivity contribution < 1.29 is 14.5 Å². The molecule has 1 aliphatic carbocycles. The van der Waals surface area contributed by atoms with Gasteiger partial charge in [0.25, 0.3) is 11.8 Å². The molecule has 1 fully saturated rings. The fourth-order valence-electron chi connectivity index (χ4n) is 2.75. The number of hydrogen-bond acceptors (Lipinski definition) is 2. The van der Waals surface area contributed by atoms with Crippen molar-refractivity contribution in [2.45, 2.75) is 52.6 Å². The number of rotatable bonds is 6. The summed E-state index contributed by atoms with van der Waals surface area (Å²) in [4.78, 5) is 25.3. The van der Waals surface area contributed by atoms with Crippen molar-refractivity contribution in [1.29, 1.82) is 0 Å². The maximum atomic E-state index is 12.5. The smallest absolute Gasteiger partial charge is 0.282 e. The second-order valence-corrected chi connectivity index (χ2v) is 6.85. The van der Waals surface area contributed by atoms with Crippen LogP contribution in [-0.4, -0.2) is 37.5 Å². The molecule has 23 heavy (non-hydrogen) atoms. The van der Waals surface area contributed by atoms with Crippen LogP contribution < -0.4 is 15.5 Å². The van der Waals surface area contributed by atoms with Gasteiger partial charge in [0.2, 0.25) is 0 Å². The number of hydrogen-bond donors (Lipinski definition) is 3. The minimum absolute atomic E-state index is 0.0207. The Labute approximate surface area is 138 Å². The molecule has 0 spiro atoms. The Morgan fingerprint density at radius 2 is 1.78 bits per heavy atom. The molecule has 0 bridgehead atoms. The average molecular weight is 318 g/mol. The molecule has 3 N–H and O–H groups in total. The van der Waals surface area contributed by atoms with Crippen molar-refractivity contribution in [1.82, 2.24) is 5.32 Å². The van der Waals surface area contributed by atoms with Crippen molar-refractivity contribution in [3.05, 3.63) is 28.8 Å². The second kappa shape index (κ2) is 7.13. The second-order valence-electron chi connectivity index (χ2n) is 6.85. The first-order chi connectivity index (χ1) is 10.8. The Bertz CT molecular complexity index is 585. The molecule has 0 aromatic heterocycles. The summed E-state index contributed by atoms with van der Waals surface area (Å²) < 4.78 is 0. The maximum Gasteiger partial charge on any atom is 0.282 e. The average Bonchev–Trinajstić information content (AvgIpc) is 3.25. The van der Waals surface area contributed by atoms with Crippen LogP contribution in [0.5, 0.6) is 0 Å². The van der Waals surface area contributed by atoms with E-state index in [1.807, 2.05) is 34.7 Å². The van der Waals surface area contributed by atoms with Gasteiger partial charge in [0.15, 0.2) is 12.6 Å². The number of amides is 2. The Balaban J connectivity index is 1.95. The largest absolute Gasteiger partial charge is 0.348 e. The summed E-state index contributed by atoms with van der Waals surface area (Å²) in [7, 11) is 1.88. The molecule has 1 aromatic carbocycles. The van der Waals surface area contributed by atoms with Gasteiger partial charge in [0.1, 0.15) is 0 Å². The molecule has 0 aliphatic heterocycles. The summed E-state index contributed by atoms with van der Waals surface area (Å²) in [6, 6.07) is 4.19. The molecule has 2 rings (SSSR count). The molecular weight excluding hydrogens is 290 g/mol. The SMILES string of the molecule is Cc1cc(C)c(NC(=O)[C@H](C)[NH+](C)CC(=O)NC2CC2)c(C)c1. The summed E-state index contributed by atoms with van der Waals surface area (Å²) in [5.74, 6) is -0.0378. The lowest BCUT2D eigenvalue weighted by Crippen LogP contribution is -3.15. The van der Waals surface area contributed by atoms with Crippen LogP contribution in [0, 0.1) is 20.8 Å². The zero-order valence-electron chi connectivity index (χ0n) is 14.7. The van der Waals surface area contributed by atoms with Crippen molar-refractivity contribution >= 4 is 17.5 Å². The van der Waals surface area contributed by atoms with Crippen LogP contribution in [0.4, 0.5) is 5.69 Å². The molecule has 0 saturated heterocycles.